The maximum absolute atomic E-state index is 12.8. The maximum Gasteiger partial charge on any atom is 0.191 e. The number of benzene rings is 1. The molecular formula is C18H23FN4S. The number of guanidine groups is 1. The molecular weight excluding hydrogens is 323 g/mol. The number of hydrogen-bond donors (Lipinski definition) is 2. The van der Waals surface area contributed by atoms with E-state index >= 15 is 0 Å². The standard InChI is InChI=1S/C18H23FN4S/c1-2-20-18(23-14-16-6-3-4-11-21-16)22-12-5-13-24-17-9-7-15(19)8-10-17/h3-4,6-11H,2,5,12-14H2,1H3,(H2,20,22,23). The largest absolute Gasteiger partial charge is 0.357 e. The number of pyridine rings is 1. The van der Waals surface area contributed by atoms with Gasteiger partial charge in [0.1, 0.15) is 5.82 Å². The molecule has 4 nitrogen and oxygen atoms in total. The Labute approximate surface area is 147 Å². The highest BCUT2D eigenvalue weighted by molar-refractivity contribution is 7.99. The van der Waals surface area contributed by atoms with E-state index in [1.54, 1.807) is 18.0 Å². The Morgan fingerprint density at radius 1 is 1.17 bits per heavy atom. The fraction of sp³-hybridized carbons (Fsp3) is 0.333. The Morgan fingerprint density at radius 3 is 2.71 bits per heavy atom. The van der Waals surface area contributed by atoms with Crippen LogP contribution in [0.15, 0.2) is 58.5 Å². The van der Waals surface area contributed by atoms with Gasteiger partial charge in [0.15, 0.2) is 5.96 Å². The first-order chi connectivity index (χ1) is 11.8. The smallest absolute Gasteiger partial charge is 0.191 e. The summed E-state index contributed by atoms with van der Waals surface area (Å²) in [5.41, 5.74) is 0.946. The predicted molar refractivity (Wildman–Crippen MR) is 98.8 cm³/mol. The first kappa shape index (κ1) is 18.3. The predicted octanol–water partition coefficient (Wildman–Crippen LogP) is 3.46. The highest BCUT2D eigenvalue weighted by atomic mass is 32.2. The molecule has 0 aliphatic carbocycles. The summed E-state index contributed by atoms with van der Waals surface area (Å²) in [6, 6.07) is 12.4. The number of aromatic nitrogens is 1. The third-order valence-electron chi connectivity index (χ3n) is 3.17. The minimum Gasteiger partial charge on any atom is -0.357 e. The van der Waals surface area contributed by atoms with Crippen LogP contribution in [0.5, 0.6) is 0 Å². The lowest BCUT2D eigenvalue weighted by Crippen LogP contribution is -2.37. The quantitative estimate of drug-likeness (QED) is 0.333. The molecule has 0 saturated heterocycles. The lowest BCUT2D eigenvalue weighted by atomic mass is 10.3. The molecule has 0 radical (unpaired) electrons. The maximum atomic E-state index is 12.8. The third kappa shape index (κ3) is 7.00. The topological polar surface area (TPSA) is 49.3 Å². The second kappa shape index (κ2) is 10.6. The third-order valence-corrected chi connectivity index (χ3v) is 4.26. The fourth-order valence-electron chi connectivity index (χ4n) is 1.99. The summed E-state index contributed by atoms with van der Waals surface area (Å²) < 4.78 is 12.8. The zero-order valence-corrected chi connectivity index (χ0v) is 14.7. The molecule has 2 aromatic rings. The van der Waals surface area contributed by atoms with E-state index in [-0.39, 0.29) is 5.82 Å². The zero-order chi connectivity index (χ0) is 17.0. The summed E-state index contributed by atoms with van der Waals surface area (Å²) in [6.45, 7) is 4.25. The highest BCUT2D eigenvalue weighted by Gasteiger charge is 1.99. The van der Waals surface area contributed by atoms with Gasteiger partial charge in [0.05, 0.1) is 12.2 Å². The van der Waals surface area contributed by atoms with Crippen molar-refractivity contribution in [3.8, 4) is 0 Å². The Kier molecular flexibility index (Phi) is 8.10. The van der Waals surface area contributed by atoms with Gasteiger partial charge in [0.2, 0.25) is 0 Å². The van der Waals surface area contributed by atoms with Crippen LogP contribution in [-0.4, -0.2) is 29.8 Å². The second-order valence-corrected chi connectivity index (χ2v) is 6.27. The van der Waals surface area contributed by atoms with Crippen LogP contribution in [0.3, 0.4) is 0 Å². The molecule has 0 aliphatic rings. The summed E-state index contributed by atoms with van der Waals surface area (Å²) in [7, 11) is 0. The Hall–Kier alpha value is -2.08. The van der Waals surface area contributed by atoms with Crippen LogP contribution in [0.25, 0.3) is 0 Å². The Morgan fingerprint density at radius 2 is 2.00 bits per heavy atom. The van der Waals surface area contributed by atoms with Gasteiger partial charge in [0, 0.05) is 24.2 Å². The molecule has 6 heteroatoms. The number of nitrogens with zero attached hydrogens (tertiary/aromatic N) is 2. The number of thioether (sulfide) groups is 1. The van der Waals surface area contributed by atoms with Crippen molar-refractivity contribution in [3.05, 3.63) is 60.2 Å². The van der Waals surface area contributed by atoms with Crippen LogP contribution in [-0.2, 0) is 6.54 Å². The zero-order valence-electron chi connectivity index (χ0n) is 13.8. The molecule has 24 heavy (non-hydrogen) atoms. The van der Waals surface area contributed by atoms with E-state index in [0.717, 1.165) is 41.8 Å². The molecule has 0 unspecified atom stereocenters. The van der Waals surface area contributed by atoms with Crippen molar-refractivity contribution >= 4 is 17.7 Å². The van der Waals surface area contributed by atoms with Gasteiger partial charge in [-0.25, -0.2) is 9.38 Å². The molecule has 0 amide bonds. The number of rotatable bonds is 8. The molecule has 2 N–H and O–H groups in total. The van der Waals surface area contributed by atoms with E-state index in [9.17, 15) is 4.39 Å². The molecule has 1 aromatic carbocycles. The molecule has 2 rings (SSSR count). The van der Waals surface area contributed by atoms with Crippen molar-refractivity contribution in [2.75, 3.05) is 18.8 Å². The van der Waals surface area contributed by atoms with Gasteiger partial charge in [-0.15, -0.1) is 11.8 Å². The van der Waals surface area contributed by atoms with E-state index in [0.29, 0.717) is 6.54 Å². The molecule has 0 fully saturated rings. The van der Waals surface area contributed by atoms with Crippen molar-refractivity contribution < 1.29 is 4.39 Å². The molecule has 0 bridgehead atoms. The fourth-order valence-corrected chi connectivity index (χ4v) is 2.85. The van der Waals surface area contributed by atoms with E-state index in [4.69, 9.17) is 0 Å². The van der Waals surface area contributed by atoms with Gasteiger partial charge in [-0.2, -0.15) is 0 Å². The van der Waals surface area contributed by atoms with Crippen LogP contribution >= 0.6 is 11.8 Å². The SMILES string of the molecule is CCNC(=NCc1ccccn1)NCCCSc1ccc(F)cc1. The van der Waals surface area contributed by atoms with E-state index < -0.39 is 0 Å². The van der Waals surface area contributed by atoms with E-state index in [1.165, 1.54) is 12.1 Å². The second-order valence-electron chi connectivity index (χ2n) is 5.10. The summed E-state index contributed by atoms with van der Waals surface area (Å²) in [5.74, 6) is 1.58. The van der Waals surface area contributed by atoms with Gasteiger partial charge in [-0.05, 0) is 55.5 Å². The minimum atomic E-state index is -0.194. The van der Waals surface area contributed by atoms with Crippen molar-refractivity contribution in [1.29, 1.82) is 0 Å². The molecule has 1 heterocycles. The van der Waals surface area contributed by atoms with Crippen molar-refractivity contribution in [2.45, 2.75) is 24.8 Å². The first-order valence-electron chi connectivity index (χ1n) is 8.08. The molecule has 128 valence electrons. The van der Waals surface area contributed by atoms with Gasteiger partial charge in [-0.3, -0.25) is 4.98 Å². The van der Waals surface area contributed by atoms with Crippen molar-refractivity contribution in [1.82, 2.24) is 15.6 Å². The molecule has 0 spiro atoms. The number of nitrogens with one attached hydrogen (secondary N) is 2. The molecule has 0 saturated carbocycles. The Balaban J connectivity index is 1.70. The van der Waals surface area contributed by atoms with E-state index in [2.05, 4.69) is 20.6 Å². The van der Waals surface area contributed by atoms with Crippen molar-refractivity contribution in [2.24, 2.45) is 4.99 Å². The average molecular weight is 346 g/mol. The van der Waals surface area contributed by atoms with Crippen LogP contribution < -0.4 is 10.6 Å². The molecule has 1 aromatic heterocycles. The van der Waals surface area contributed by atoms with E-state index in [1.807, 2.05) is 37.3 Å². The van der Waals surface area contributed by atoms with Gasteiger partial charge in [-0.1, -0.05) is 6.07 Å². The van der Waals surface area contributed by atoms with Crippen LogP contribution in [0.2, 0.25) is 0 Å². The lowest BCUT2D eigenvalue weighted by molar-refractivity contribution is 0.626. The van der Waals surface area contributed by atoms with Crippen LogP contribution in [0.1, 0.15) is 19.0 Å². The minimum absolute atomic E-state index is 0.194. The summed E-state index contributed by atoms with van der Waals surface area (Å²) in [4.78, 5) is 9.89. The van der Waals surface area contributed by atoms with Crippen LogP contribution in [0.4, 0.5) is 4.39 Å². The van der Waals surface area contributed by atoms with Crippen LogP contribution in [0, 0.1) is 5.82 Å². The monoisotopic (exact) mass is 346 g/mol. The summed E-state index contributed by atoms with van der Waals surface area (Å²) >= 11 is 1.73. The average Bonchev–Trinajstić information content (AvgIpc) is 2.62. The molecule has 0 atom stereocenters. The molecule has 0 aliphatic heterocycles. The number of hydrogen-bond acceptors (Lipinski definition) is 3. The van der Waals surface area contributed by atoms with Gasteiger partial charge >= 0.3 is 0 Å². The number of halogens is 1. The van der Waals surface area contributed by atoms with Gasteiger partial charge < -0.3 is 10.6 Å². The lowest BCUT2D eigenvalue weighted by Gasteiger charge is -2.11. The highest BCUT2D eigenvalue weighted by Crippen LogP contribution is 2.18. The summed E-state index contributed by atoms with van der Waals surface area (Å²) in [6.07, 6.45) is 2.77. The van der Waals surface area contributed by atoms with Gasteiger partial charge in [0.25, 0.3) is 0 Å². The van der Waals surface area contributed by atoms with Crippen molar-refractivity contribution in [3.63, 3.8) is 0 Å². The summed E-state index contributed by atoms with van der Waals surface area (Å²) in [5, 5.41) is 6.55. The first-order valence-corrected chi connectivity index (χ1v) is 9.07. The Bertz CT molecular complexity index is 617. The number of aliphatic imine (C=N–C) groups is 1. The normalized spacial score (nSPS) is 11.3.